The molecule has 2 unspecified atom stereocenters. The molecule has 0 aromatic rings. The first-order chi connectivity index (χ1) is 7.66. The van der Waals surface area contributed by atoms with Crippen molar-refractivity contribution in [2.45, 2.75) is 38.3 Å². The lowest BCUT2D eigenvalue weighted by molar-refractivity contribution is 0.127. The van der Waals surface area contributed by atoms with Gasteiger partial charge in [0.05, 0.1) is 0 Å². The molecule has 0 aliphatic carbocycles. The van der Waals surface area contributed by atoms with E-state index in [-0.39, 0.29) is 0 Å². The van der Waals surface area contributed by atoms with Crippen LogP contribution in [-0.2, 0) is 0 Å². The van der Waals surface area contributed by atoms with Crippen molar-refractivity contribution >= 4 is 0 Å². The summed E-state index contributed by atoms with van der Waals surface area (Å²) in [5.41, 5.74) is 0. The lowest BCUT2D eigenvalue weighted by Gasteiger charge is -2.36. The normalized spacial score (nSPS) is 33.8. The molecule has 2 atom stereocenters. The average molecular weight is 225 g/mol. The Morgan fingerprint density at radius 3 is 2.50 bits per heavy atom. The van der Waals surface area contributed by atoms with Crippen LogP contribution in [0.1, 0.15) is 26.2 Å². The van der Waals surface area contributed by atoms with E-state index in [2.05, 4.69) is 36.1 Å². The highest BCUT2D eigenvalue weighted by Gasteiger charge is 2.27. The fourth-order valence-corrected chi connectivity index (χ4v) is 3.12. The van der Waals surface area contributed by atoms with Crippen LogP contribution < -0.4 is 5.32 Å². The van der Waals surface area contributed by atoms with E-state index in [1.165, 1.54) is 45.4 Å². The van der Waals surface area contributed by atoms with E-state index < -0.39 is 0 Å². The third-order valence-corrected chi connectivity index (χ3v) is 4.52. The van der Waals surface area contributed by atoms with Crippen LogP contribution in [0.25, 0.3) is 0 Å². The van der Waals surface area contributed by atoms with Crippen LogP contribution in [-0.4, -0.2) is 62.2 Å². The largest absolute Gasteiger partial charge is 0.314 e. The van der Waals surface area contributed by atoms with Gasteiger partial charge in [-0.25, -0.2) is 0 Å². The molecule has 0 radical (unpaired) electrons. The van der Waals surface area contributed by atoms with Crippen LogP contribution in [0, 0.1) is 5.92 Å². The summed E-state index contributed by atoms with van der Waals surface area (Å²) in [5, 5.41) is 3.55. The molecule has 0 aromatic carbocycles. The Labute approximate surface area is 100 Å². The molecule has 2 rings (SSSR count). The summed E-state index contributed by atoms with van der Waals surface area (Å²) >= 11 is 0. The van der Waals surface area contributed by atoms with Crippen molar-refractivity contribution in [1.82, 2.24) is 15.1 Å². The Morgan fingerprint density at radius 2 is 1.94 bits per heavy atom. The molecule has 0 spiro atoms. The van der Waals surface area contributed by atoms with Gasteiger partial charge in [0.15, 0.2) is 0 Å². The molecule has 0 bridgehead atoms. The van der Waals surface area contributed by atoms with E-state index >= 15 is 0 Å². The highest BCUT2D eigenvalue weighted by Crippen LogP contribution is 2.20. The Morgan fingerprint density at radius 1 is 1.25 bits per heavy atom. The molecule has 1 N–H and O–H groups in total. The molecule has 0 aromatic heterocycles. The molecule has 2 fully saturated rings. The van der Waals surface area contributed by atoms with Gasteiger partial charge in [0.1, 0.15) is 0 Å². The van der Waals surface area contributed by atoms with Crippen molar-refractivity contribution in [3.63, 3.8) is 0 Å². The molecule has 16 heavy (non-hydrogen) atoms. The smallest absolute Gasteiger partial charge is 0.0117 e. The van der Waals surface area contributed by atoms with Gasteiger partial charge in [-0.1, -0.05) is 0 Å². The highest BCUT2D eigenvalue weighted by atomic mass is 15.2. The second-order valence-electron chi connectivity index (χ2n) is 5.77. The van der Waals surface area contributed by atoms with Crippen molar-refractivity contribution in [1.29, 1.82) is 0 Å². The molecule has 0 amide bonds. The summed E-state index contributed by atoms with van der Waals surface area (Å²) in [6.45, 7) is 7.37. The number of likely N-dealkylation sites (tertiary alicyclic amines) is 1. The second kappa shape index (κ2) is 5.48. The van der Waals surface area contributed by atoms with E-state index in [1.54, 1.807) is 0 Å². The van der Waals surface area contributed by atoms with E-state index in [9.17, 15) is 0 Å². The number of nitrogens with zero attached hydrogens (tertiary/aromatic N) is 2. The molecule has 94 valence electrons. The number of hydrogen-bond acceptors (Lipinski definition) is 3. The van der Waals surface area contributed by atoms with Crippen molar-refractivity contribution in [2.75, 3.05) is 40.3 Å². The van der Waals surface area contributed by atoms with Gasteiger partial charge in [-0.15, -0.1) is 0 Å². The summed E-state index contributed by atoms with van der Waals surface area (Å²) in [4.78, 5) is 5.06. The van der Waals surface area contributed by atoms with Gasteiger partial charge in [-0.05, 0) is 65.8 Å². The van der Waals surface area contributed by atoms with Gasteiger partial charge in [-0.3, -0.25) is 0 Å². The minimum absolute atomic E-state index is 0.716. The predicted octanol–water partition coefficient (Wildman–Crippen LogP) is 1.01. The van der Waals surface area contributed by atoms with Crippen molar-refractivity contribution in [2.24, 2.45) is 5.92 Å². The number of piperidine rings is 1. The maximum Gasteiger partial charge on any atom is 0.0117 e. The summed E-state index contributed by atoms with van der Waals surface area (Å²) in [6.07, 6.45) is 4.06. The van der Waals surface area contributed by atoms with Gasteiger partial charge in [0.2, 0.25) is 0 Å². The molecule has 2 aliphatic heterocycles. The van der Waals surface area contributed by atoms with Crippen LogP contribution in [0.5, 0.6) is 0 Å². The maximum absolute atomic E-state index is 3.55. The second-order valence-corrected chi connectivity index (χ2v) is 5.77. The molecule has 0 saturated carbocycles. The number of hydrogen-bond donors (Lipinski definition) is 1. The topological polar surface area (TPSA) is 18.5 Å². The van der Waals surface area contributed by atoms with Crippen LogP contribution in [0.3, 0.4) is 0 Å². The number of rotatable bonds is 3. The first kappa shape index (κ1) is 12.3. The Balaban J connectivity index is 1.76. The fourth-order valence-electron chi connectivity index (χ4n) is 3.12. The third-order valence-electron chi connectivity index (χ3n) is 4.52. The van der Waals surface area contributed by atoms with Crippen LogP contribution in [0.15, 0.2) is 0 Å². The zero-order chi connectivity index (χ0) is 11.5. The maximum atomic E-state index is 3.55. The van der Waals surface area contributed by atoms with E-state index in [0.717, 1.165) is 12.0 Å². The molecule has 2 heterocycles. The van der Waals surface area contributed by atoms with Crippen LogP contribution in [0.2, 0.25) is 0 Å². The standard InChI is InChI=1S/C13H27N3/c1-11-12(4-7-14-11)10-16(3)13-5-8-15(2)9-6-13/h11-14H,4-10H2,1-3H3. The predicted molar refractivity (Wildman–Crippen MR) is 68.7 cm³/mol. The quantitative estimate of drug-likeness (QED) is 0.773. The molecule has 3 nitrogen and oxygen atoms in total. The Hall–Kier alpha value is -0.120. The van der Waals surface area contributed by atoms with Crippen molar-refractivity contribution in [3.8, 4) is 0 Å². The van der Waals surface area contributed by atoms with Crippen molar-refractivity contribution in [3.05, 3.63) is 0 Å². The van der Waals surface area contributed by atoms with E-state index in [1.807, 2.05) is 0 Å². The Kier molecular flexibility index (Phi) is 4.22. The molecular weight excluding hydrogens is 198 g/mol. The molecule has 3 heteroatoms. The summed E-state index contributed by atoms with van der Waals surface area (Å²) in [5.74, 6) is 0.865. The monoisotopic (exact) mass is 225 g/mol. The van der Waals surface area contributed by atoms with Gasteiger partial charge >= 0.3 is 0 Å². The molecule has 2 saturated heterocycles. The molecule has 2 aliphatic rings. The molecular formula is C13H27N3. The van der Waals surface area contributed by atoms with Crippen LogP contribution >= 0.6 is 0 Å². The van der Waals surface area contributed by atoms with Gasteiger partial charge in [0, 0.05) is 18.6 Å². The zero-order valence-corrected chi connectivity index (χ0v) is 11.1. The Bertz CT molecular complexity index is 211. The van der Waals surface area contributed by atoms with Gasteiger partial charge in [0.25, 0.3) is 0 Å². The SMILES string of the molecule is CC1NCCC1CN(C)C1CCN(C)CC1. The lowest BCUT2D eigenvalue weighted by Crippen LogP contribution is -2.44. The minimum Gasteiger partial charge on any atom is -0.314 e. The lowest BCUT2D eigenvalue weighted by atomic mass is 9.98. The minimum atomic E-state index is 0.716. The summed E-state index contributed by atoms with van der Waals surface area (Å²) in [6, 6.07) is 1.54. The first-order valence-corrected chi connectivity index (χ1v) is 6.79. The fraction of sp³-hybridized carbons (Fsp3) is 1.00. The number of nitrogens with one attached hydrogen (secondary N) is 1. The van der Waals surface area contributed by atoms with Crippen molar-refractivity contribution < 1.29 is 0 Å². The summed E-state index contributed by atoms with van der Waals surface area (Å²) in [7, 11) is 4.56. The average Bonchev–Trinajstić information content (AvgIpc) is 2.65. The van der Waals surface area contributed by atoms with Gasteiger partial charge < -0.3 is 15.1 Å². The summed E-state index contributed by atoms with van der Waals surface area (Å²) < 4.78 is 0. The van der Waals surface area contributed by atoms with Gasteiger partial charge in [-0.2, -0.15) is 0 Å². The van der Waals surface area contributed by atoms with Crippen LogP contribution in [0.4, 0.5) is 0 Å². The first-order valence-electron chi connectivity index (χ1n) is 6.79. The third kappa shape index (κ3) is 2.96. The zero-order valence-electron chi connectivity index (χ0n) is 11.1. The van der Waals surface area contributed by atoms with E-state index in [4.69, 9.17) is 0 Å². The highest BCUT2D eigenvalue weighted by molar-refractivity contribution is 4.85. The van der Waals surface area contributed by atoms with E-state index in [0.29, 0.717) is 6.04 Å².